The van der Waals surface area contributed by atoms with Crippen LogP contribution in [0.3, 0.4) is 0 Å². The number of aryl methyl sites for hydroxylation is 1. The van der Waals surface area contributed by atoms with Crippen LogP contribution in [0.15, 0.2) is 36.5 Å². The molecule has 0 spiro atoms. The number of benzene rings is 1. The van der Waals surface area contributed by atoms with Gasteiger partial charge in [-0.15, -0.1) is 0 Å². The average Bonchev–Trinajstić information content (AvgIpc) is 2.30. The smallest absolute Gasteiger partial charge is 0.125 e. The summed E-state index contributed by atoms with van der Waals surface area (Å²) in [6, 6.07) is 11.9. The number of rotatable bonds is 2. The van der Waals surface area contributed by atoms with Crippen LogP contribution in [0.2, 0.25) is 0 Å². The normalized spacial score (nSPS) is 9.75. The Morgan fingerprint density at radius 2 is 1.94 bits per heavy atom. The van der Waals surface area contributed by atoms with Gasteiger partial charge in [-0.1, -0.05) is 24.3 Å². The van der Waals surface area contributed by atoms with Crippen molar-refractivity contribution >= 4 is 0 Å². The molecule has 3 nitrogen and oxygen atoms in total. The molecule has 1 heterocycles. The summed E-state index contributed by atoms with van der Waals surface area (Å²) in [5.41, 5.74) is 2.99. The van der Waals surface area contributed by atoms with Crippen molar-refractivity contribution < 1.29 is 0 Å². The molecule has 0 atom stereocenters. The average molecular weight is 209 g/mol. The minimum Gasteiger partial charge on any atom is -0.242 e. The number of nitrogens with zero attached hydrogens (tertiary/aromatic N) is 3. The Morgan fingerprint density at radius 3 is 2.56 bits per heavy atom. The first kappa shape index (κ1) is 10.3. The lowest BCUT2D eigenvalue weighted by atomic mass is 10.1. The monoisotopic (exact) mass is 209 g/mol. The molecule has 0 aliphatic heterocycles. The molecule has 0 N–H and O–H groups in total. The van der Waals surface area contributed by atoms with E-state index in [0.717, 1.165) is 22.6 Å². The summed E-state index contributed by atoms with van der Waals surface area (Å²) in [5, 5.41) is 8.57. The highest BCUT2D eigenvalue weighted by atomic mass is 14.9. The molecule has 0 saturated heterocycles. The molecule has 1 aromatic carbocycles. The minimum absolute atomic E-state index is 0.448. The van der Waals surface area contributed by atoms with Crippen LogP contribution in [0.25, 0.3) is 11.3 Å². The molecule has 0 aliphatic carbocycles. The Labute approximate surface area is 94.4 Å². The molecule has 1 aromatic heterocycles. The molecule has 0 fully saturated rings. The standard InChI is InChI=1S/C13H11N3/c1-10-15-9-7-13(16-10)12-4-2-11(3-5-12)6-8-14/h2-5,7,9H,6H2,1H3. The summed E-state index contributed by atoms with van der Waals surface area (Å²) in [6.45, 7) is 1.87. The number of hydrogen-bond acceptors (Lipinski definition) is 3. The van der Waals surface area contributed by atoms with E-state index >= 15 is 0 Å². The van der Waals surface area contributed by atoms with E-state index in [-0.39, 0.29) is 0 Å². The second-order valence-corrected chi connectivity index (χ2v) is 3.52. The van der Waals surface area contributed by atoms with E-state index < -0.39 is 0 Å². The van der Waals surface area contributed by atoms with Crippen LogP contribution in [0, 0.1) is 18.3 Å². The van der Waals surface area contributed by atoms with Gasteiger partial charge in [0.25, 0.3) is 0 Å². The highest BCUT2D eigenvalue weighted by molar-refractivity contribution is 5.59. The molecule has 2 aromatic rings. The molecule has 2 rings (SSSR count). The zero-order chi connectivity index (χ0) is 11.4. The number of aromatic nitrogens is 2. The van der Waals surface area contributed by atoms with E-state index in [1.807, 2.05) is 37.3 Å². The molecular formula is C13H11N3. The molecule has 0 saturated carbocycles. The van der Waals surface area contributed by atoms with Gasteiger partial charge in [0.05, 0.1) is 18.2 Å². The Balaban J connectivity index is 2.32. The van der Waals surface area contributed by atoms with Crippen molar-refractivity contribution in [3.8, 4) is 17.3 Å². The Bertz CT molecular complexity index is 524. The lowest BCUT2D eigenvalue weighted by Gasteiger charge is -2.02. The lowest BCUT2D eigenvalue weighted by molar-refractivity contribution is 1.06. The molecule has 0 bridgehead atoms. The van der Waals surface area contributed by atoms with Crippen molar-refractivity contribution in [1.29, 1.82) is 5.26 Å². The molecule has 0 amide bonds. The second kappa shape index (κ2) is 4.54. The van der Waals surface area contributed by atoms with Crippen LogP contribution in [0.4, 0.5) is 0 Å². The zero-order valence-corrected chi connectivity index (χ0v) is 9.01. The quantitative estimate of drug-likeness (QED) is 0.763. The van der Waals surface area contributed by atoms with Gasteiger partial charge >= 0.3 is 0 Å². The van der Waals surface area contributed by atoms with E-state index in [1.165, 1.54) is 0 Å². The molecule has 78 valence electrons. The van der Waals surface area contributed by atoms with Gasteiger partial charge < -0.3 is 0 Å². The van der Waals surface area contributed by atoms with Gasteiger partial charge in [-0.3, -0.25) is 0 Å². The molecule has 0 radical (unpaired) electrons. The van der Waals surface area contributed by atoms with Gasteiger partial charge in [0, 0.05) is 11.8 Å². The van der Waals surface area contributed by atoms with Crippen LogP contribution in [-0.2, 0) is 6.42 Å². The largest absolute Gasteiger partial charge is 0.242 e. The first-order valence-electron chi connectivity index (χ1n) is 5.05. The lowest BCUT2D eigenvalue weighted by Crippen LogP contribution is -1.90. The van der Waals surface area contributed by atoms with E-state index in [0.29, 0.717) is 6.42 Å². The van der Waals surface area contributed by atoms with Crippen molar-refractivity contribution in [3.05, 3.63) is 47.9 Å². The molecular weight excluding hydrogens is 198 g/mol. The molecule has 0 aliphatic rings. The highest BCUT2D eigenvalue weighted by Crippen LogP contribution is 2.17. The second-order valence-electron chi connectivity index (χ2n) is 3.52. The van der Waals surface area contributed by atoms with Crippen molar-refractivity contribution in [1.82, 2.24) is 9.97 Å². The third-order valence-corrected chi connectivity index (χ3v) is 2.31. The van der Waals surface area contributed by atoms with Crippen molar-refractivity contribution in [2.45, 2.75) is 13.3 Å². The van der Waals surface area contributed by atoms with Crippen molar-refractivity contribution in [3.63, 3.8) is 0 Å². The number of hydrogen-bond donors (Lipinski definition) is 0. The van der Waals surface area contributed by atoms with E-state index in [9.17, 15) is 0 Å². The summed E-state index contributed by atoms with van der Waals surface area (Å²) < 4.78 is 0. The van der Waals surface area contributed by atoms with Gasteiger partial charge in [-0.25, -0.2) is 9.97 Å². The third-order valence-electron chi connectivity index (χ3n) is 2.31. The Hall–Kier alpha value is -2.21. The van der Waals surface area contributed by atoms with Crippen LogP contribution in [0.1, 0.15) is 11.4 Å². The fraction of sp³-hybridized carbons (Fsp3) is 0.154. The predicted molar refractivity (Wildman–Crippen MR) is 61.5 cm³/mol. The molecule has 0 unspecified atom stereocenters. The van der Waals surface area contributed by atoms with Crippen LogP contribution in [0.5, 0.6) is 0 Å². The summed E-state index contributed by atoms with van der Waals surface area (Å²) in [6.07, 6.45) is 2.20. The van der Waals surface area contributed by atoms with Gasteiger partial charge in [0.15, 0.2) is 0 Å². The van der Waals surface area contributed by atoms with E-state index in [2.05, 4.69) is 16.0 Å². The maximum atomic E-state index is 8.57. The van der Waals surface area contributed by atoms with Crippen molar-refractivity contribution in [2.75, 3.05) is 0 Å². The predicted octanol–water partition coefficient (Wildman–Crippen LogP) is 2.52. The maximum Gasteiger partial charge on any atom is 0.125 e. The van der Waals surface area contributed by atoms with Gasteiger partial charge in [-0.05, 0) is 18.6 Å². The van der Waals surface area contributed by atoms with Gasteiger partial charge in [0.2, 0.25) is 0 Å². The Morgan fingerprint density at radius 1 is 1.19 bits per heavy atom. The molecule has 16 heavy (non-hydrogen) atoms. The van der Waals surface area contributed by atoms with Crippen LogP contribution >= 0.6 is 0 Å². The summed E-state index contributed by atoms with van der Waals surface area (Å²) in [4.78, 5) is 8.40. The Kier molecular flexibility index (Phi) is 2.93. The van der Waals surface area contributed by atoms with Gasteiger partial charge in [0.1, 0.15) is 5.82 Å². The van der Waals surface area contributed by atoms with Gasteiger partial charge in [-0.2, -0.15) is 5.26 Å². The van der Waals surface area contributed by atoms with Crippen LogP contribution in [-0.4, -0.2) is 9.97 Å². The summed E-state index contributed by atoms with van der Waals surface area (Å²) >= 11 is 0. The summed E-state index contributed by atoms with van der Waals surface area (Å²) in [5.74, 6) is 0.763. The number of nitriles is 1. The van der Waals surface area contributed by atoms with E-state index in [4.69, 9.17) is 5.26 Å². The van der Waals surface area contributed by atoms with Crippen LogP contribution < -0.4 is 0 Å². The fourth-order valence-corrected chi connectivity index (χ4v) is 1.50. The first-order chi connectivity index (χ1) is 7.79. The van der Waals surface area contributed by atoms with E-state index in [1.54, 1.807) is 6.20 Å². The fourth-order valence-electron chi connectivity index (χ4n) is 1.50. The van der Waals surface area contributed by atoms with Crippen molar-refractivity contribution in [2.24, 2.45) is 0 Å². The zero-order valence-electron chi connectivity index (χ0n) is 9.01. The minimum atomic E-state index is 0.448. The molecule has 3 heteroatoms. The SMILES string of the molecule is Cc1nccc(-c2ccc(CC#N)cc2)n1. The maximum absolute atomic E-state index is 8.57. The summed E-state index contributed by atoms with van der Waals surface area (Å²) in [7, 11) is 0. The highest BCUT2D eigenvalue weighted by Gasteiger charge is 1.99. The third kappa shape index (κ3) is 2.23. The topological polar surface area (TPSA) is 49.6 Å². The first-order valence-corrected chi connectivity index (χ1v) is 5.05.